The van der Waals surface area contributed by atoms with Crippen molar-refractivity contribution >= 4 is 21.0 Å². The van der Waals surface area contributed by atoms with Crippen LogP contribution in [-0.4, -0.2) is 44.6 Å². The first-order chi connectivity index (χ1) is 18.1. The van der Waals surface area contributed by atoms with Gasteiger partial charge < -0.3 is 18.8 Å². The van der Waals surface area contributed by atoms with E-state index in [1.54, 1.807) is 0 Å². The van der Waals surface area contributed by atoms with E-state index in [0.29, 0.717) is 13.2 Å². The molecule has 4 rings (SSSR count). The van der Waals surface area contributed by atoms with Crippen molar-refractivity contribution in [3.05, 3.63) is 84.9 Å². The van der Waals surface area contributed by atoms with Gasteiger partial charge in [-0.2, -0.15) is 13.2 Å². The van der Waals surface area contributed by atoms with E-state index in [1.165, 1.54) is 21.1 Å². The normalized spacial score (nSPS) is 16.0. The molecule has 1 atom stereocenters. The Kier molecular flexibility index (Phi) is 11.5. The van der Waals surface area contributed by atoms with E-state index >= 15 is 0 Å². The topological polar surface area (TPSA) is 84.9 Å². The Hall–Kier alpha value is -2.57. The SMILES string of the molecule is O=S(=O)([O-])C(F)(F)F.c1ccc([S+](c2ccccc2)c2ccc(OCCCOC3CCCCO3)cc2)cc1. The second-order valence-corrected chi connectivity index (χ2v) is 11.6. The Balaban J connectivity index is 0.000000436. The first-order valence-electron chi connectivity index (χ1n) is 12.0. The molecule has 1 aliphatic heterocycles. The number of benzene rings is 3. The van der Waals surface area contributed by atoms with Crippen LogP contribution in [-0.2, 0) is 30.5 Å². The average Bonchev–Trinajstić information content (AvgIpc) is 2.91. The zero-order valence-electron chi connectivity index (χ0n) is 20.5. The largest absolute Gasteiger partial charge is 0.741 e. The molecule has 1 unspecified atom stereocenters. The van der Waals surface area contributed by atoms with Crippen LogP contribution in [0.1, 0.15) is 25.7 Å². The van der Waals surface area contributed by atoms with Crippen LogP contribution in [0.5, 0.6) is 5.75 Å². The van der Waals surface area contributed by atoms with Crippen molar-refractivity contribution in [3.8, 4) is 5.75 Å². The van der Waals surface area contributed by atoms with E-state index in [1.807, 2.05) is 0 Å². The molecule has 0 saturated carbocycles. The summed E-state index contributed by atoms with van der Waals surface area (Å²) in [5.41, 5.74) is -5.65. The van der Waals surface area contributed by atoms with Crippen molar-refractivity contribution in [1.29, 1.82) is 0 Å². The second kappa shape index (κ2) is 14.5. The maximum Gasteiger partial charge on any atom is 0.485 e. The van der Waals surface area contributed by atoms with Gasteiger partial charge >= 0.3 is 5.51 Å². The van der Waals surface area contributed by atoms with E-state index < -0.39 is 15.6 Å². The van der Waals surface area contributed by atoms with Gasteiger partial charge in [0.25, 0.3) is 0 Å². The van der Waals surface area contributed by atoms with E-state index in [0.717, 1.165) is 31.6 Å². The number of ether oxygens (including phenoxy) is 3. The Labute approximate surface area is 223 Å². The number of hydrogen-bond acceptors (Lipinski definition) is 6. The van der Waals surface area contributed by atoms with Gasteiger partial charge in [0, 0.05) is 13.0 Å². The lowest BCUT2D eigenvalue weighted by atomic mass is 10.2. The van der Waals surface area contributed by atoms with Crippen molar-refractivity contribution in [1.82, 2.24) is 0 Å². The number of alkyl halides is 3. The molecule has 38 heavy (non-hydrogen) atoms. The zero-order valence-corrected chi connectivity index (χ0v) is 22.1. The summed E-state index contributed by atoms with van der Waals surface area (Å²) in [4.78, 5) is 3.93. The van der Waals surface area contributed by atoms with Crippen molar-refractivity contribution in [2.45, 2.75) is 52.2 Å². The molecule has 3 aromatic carbocycles. The fourth-order valence-electron chi connectivity index (χ4n) is 3.50. The summed E-state index contributed by atoms with van der Waals surface area (Å²) in [5, 5.41) is 0. The van der Waals surface area contributed by atoms with Gasteiger partial charge in [-0.1, -0.05) is 36.4 Å². The second-order valence-electron chi connectivity index (χ2n) is 8.17. The predicted octanol–water partition coefficient (Wildman–Crippen LogP) is 6.15. The highest BCUT2D eigenvalue weighted by atomic mass is 32.2. The van der Waals surface area contributed by atoms with Crippen molar-refractivity contribution in [3.63, 3.8) is 0 Å². The molecular weight excluding hydrogens is 541 g/mol. The lowest BCUT2D eigenvalue weighted by Crippen LogP contribution is -2.23. The van der Waals surface area contributed by atoms with Crippen LogP contribution in [0.25, 0.3) is 0 Å². The lowest BCUT2D eigenvalue weighted by Gasteiger charge is -2.22. The van der Waals surface area contributed by atoms with Crippen LogP contribution in [0.15, 0.2) is 99.6 Å². The molecule has 1 saturated heterocycles. The monoisotopic (exact) mass is 570 g/mol. The molecule has 0 amide bonds. The maximum absolute atomic E-state index is 10.7. The molecule has 0 aliphatic carbocycles. The third-order valence-corrected chi connectivity index (χ3v) is 8.10. The lowest BCUT2D eigenvalue weighted by molar-refractivity contribution is -0.163. The fourth-order valence-corrected chi connectivity index (χ4v) is 5.58. The molecule has 0 N–H and O–H groups in total. The molecule has 0 bridgehead atoms. The molecule has 1 fully saturated rings. The number of rotatable bonds is 9. The molecule has 0 spiro atoms. The van der Waals surface area contributed by atoms with Crippen molar-refractivity contribution in [2.24, 2.45) is 0 Å². The predicted molar refractivity (Wildman–Crippen MR) is 137 cm³/mol. The number of hydrogen-bond donors (Lipinski definition) is 0. The van der Waals surface area contributed by atoms with Gasteiger partial charge in [0.15, 0.2) is 31.1 Å². The molecule has 6 nitrogen and oxygen atoms in total. The standard InChI is InChI=1S/C26H29O3S.CHF3O3S/c1-3-10-23(11-4-1)30(24-12-5-2-6-13-24)25-17-15-22(16-18-25)27-20-9-21-29-26-14-7-8-19-28-26;2-1(3,4)8(5,6)7/h1-6,10-13,15-18,26H,7-9,14,19-21H2;(H,5,6,7)/q+1;/p-1. The molecule has 206 valence electrons. The molecule has 0 aromatic heterocycles. The van der Waals surface area contributed by atoms with Crippen LogP contribution >= 0.6 is 0 Å². The minimum absolute atomic E-state index is 0.0214. The molecule has 11 heteroatoms. The van der Waals surface area contributed by atoms with Crippen LogP contribution in [0.2, 0.25) is 0 Å². The summed E-state index contributed by atoms with van der Waals surface area (Å²) in [6, 6.07) is 29.9. The molecule has 0 radical (unpaired) electrons. The highest BCUT2D eigenvalue weighted by Gasteiger charge is 2.37. The van der Waals surface area contributed by atoms with E-state index in [9.17, 15) is 13.2 Å². The average molecular weight is 571 g/mol. The third kappa shape index (κ3) is 9.63. The van der Waals surface area contributed by atoms with Crippen LogP contribution in [0.4, 0.5) is 13.2 Å². The zero-order chi connectivity index (χ0) is 27.4. The summed E-state index contributed by atoms with van der Waals surface area (Å²) in [7, 11) is -6.21. The smallest absolute Gasteiger partial charge is 0.485 e. The van der Waals surface area contributed by atoms with Crippen molar-refractivity contribution < 1.29 is 40.4 Å². The molecule has 3 aromatic rings. The van der Waals surface area contributed by atoms with Crippen LogP contribution < -0.4 is 4.74 Å². The van der Waals surface area contributed by atoms with Gasteiger partial charge in [-0.05, 0) is 67.8 Å². The first kappa shape index (κ1) is 30.0. The summed E-state index contributed by atoms with van der Waals surface area (Å²) in [6.07, 6.45) is 4.19. The third-order valence-electron chi connectivity index (χ3n) is 5.30. The number of halogens is 3. The molecule has 1 aliphatic rings. The Morgan fingerprint density at radius 2 is 1.37 bits per heavy atom. The van der Waals surface area contributed by atoms with Crippen molar-refractivity contribution in [2.75, 3.05) is 19.8 Å². The van der Waals surface area contributed by atoms with Gasteiger partial charge in [0.1, 0.15) is 5.75 Å². The van der Waals surface area contributed by atoms with E-state index in [-0.39, 0.29) is 17.2 Å². The Morgan fingerprint density at radius 1 is 0.842 bits per heavy atom. The maximum atomic E-state index is 10.7. The van der Waals surface area contributed by atoms with Gasteiger partial charge in [-0.15, -0.1) is 0 Å². The molecule has 1 heterocycles. The fraction of sp³-hybridized carbons (Fsp3) is 0.333. The highest BCUT2D eigenvalue weighted by Crippen LogP contribution is 2.32. The van der Waals surface area contributed by atoms with Crippen LogP contribution in [0.3, 0.4) is 0 Å². The van der Waals surface area contributed by atoms with Gasteiger partial charge in [-0.3, -0.25) is 0 Å². The summed E-state index contributed by atoms with van der Waals surface area (Å²) >= 11 is 0. The Morgan fingerprint density at radius 3 is 1.84 bits per heavy atom. The van der Waals surface area contributed by atoms with E-state index in [2.05, 4.69) is 84.9 Å². The van der Waals surface area contributed by atoms with E-state index in [4.69, 9.17) is 27.2 Å². The molecular formula is C27H29F3O6S2. The quantitative estimate of drug-likeness (QED) is 0.133. The van der Waals surface area contributed by atoms with Gasteiger partial charge in [0.2, 0.25) is 0 Å². The first-order valence-corrected chi connectivity index (χ1v) is 14.6. The summed E-state index contributed by atoms with van der Waals surface area (Å²) in [6.45, 7) is 2.14. The van der Waals surface area contributed by atoms with Gasteiger partial charge in [0.05, 0.1) is 24.1 Å². The Bertz CT molecular complexity index is 1150. The van der Waals surface area contributed by atoms with Gasteiger partial charge in [-0.25, -0.2) is 8.42 Å². The highest BCUT2D eigenvalue weighted by molar-refractivity contribution is 7.97. The minimum atomic E-state index is -6.09. The summed E-state index contributed by atoms with van der Waals surface area (Å²) < 4.78 is 76.2. The van der Waals surface area contributed by atoms with Crippen LogP contribution in [0, 0.1) is 0 Å². The minimum Gasteiger partial charge on any atom is -0.741 e. The summed E-state index contributed by atoms with van der Waals surface area (Å²) in [5.74, 6) is 0.900.